The molecule has 3 rings (SSSR count). The SMILES string of the molecule is CC[C@@H]1NC(=O)[C@@H]2[C@H](Cl)[C@H](Cl)CN2C(=O)[C@@H](CC)NC(=O)C[C@H](c2ccccc2)NC(=O)[C@H](CO)NC1=O. The lowest BCUT2D eigenvalue weighted by Gasteiger charge is -2.31. The van der Waals surface area contributed by atoms with Crippen molar-refractivity contribution < 1.29 is 29.1 Å². The number of hydrogen-bond donors (Lipinski definition) is 5. The highest BCUT2D eigenvalue weighted by atomic mass is 35.5. The van der Waals surface area contributed by atoms with Gasteiger partial charge in [-0.25, -0.2) is 0 Å². The highest BCUT2D eigenvalue weighted by Gasteiger charge is 2.48. The van der Waals surface area contributed by atoms with Gasteiger partial charge in [0.2, 0.25) is 29.5 Å². The lowest BCUT2D eigenvalue weighted by atomic mass is 10.0. The summed E-state index contributed by atoms with van der Waals surface area (Å²) in [5.74, 6) is -3.16. The highest BCUT2D eigenvalue weighted by molar-refractivity contribution is 6.32. The van der Waals surface area contributed by atoms with E-state index in [-0.39, 0.29) is 25.8 Å². The summed E-state index contributed by atoms with van der Waals surface area (Å²) in [6, 6.07) is 3.36. The number of fused-ring (bicyclic) bond motifs is 1. The van der Waals surface area contributed by atoms with Gasteiger partial charge in [0, 0.05) is 6.54 Å². The van der Waals surface area contributed by atoms with Gasteiger partial charge in [-0.1, -0.05) is 44.2 Å². The van der Waals surface area contributed by atoms with Gasteiger partial charge in [0.1, 0.15) is 24.2 Å². The molecule has 13 heteroatoms. The lowest BCUT2D eigenvalue weighted by Crippen LogP contribution is -2.60. The molecule has 2 fully saturated rings. The fourth-order valence-corrected chi connectivity index (χ4v) is 5.17. The minimum absolute atomic E-state index is 0.0166. The summed E-state index contributed by atoms with van der Waals surface area (Å²) in [7, 11) is 0. The average molecular weight is 570 g/mol. The van der Waals surface area contributed by atoms with Crippen molar-refractivity contribution in [3.05, 3.63) is 35.9 Å². The van der Waals surface area contributed by atoms with E-state index in [1.165, 1.54) is 4.90 Å². The Balaban J connectivity index is 2.00. The second-order valence-electron chi connectivity index (χ2n) is 9.31. The molecule has 0 saturated carbocycles. The minimum atomic E-state index is -1.34. The molecule has 5 amide bonds. The topological polar surface area (TPSA) is 157 Å². The smallest absolute Gasteiger partial charge is 0.245 e. The Labute approximate surface area is 231 Å². The van der Waals surface area contributed by atoms with Gasteiger partial charge >= 0.3 is 0 Å². The van der Waals surface area contributed by atoms with E-state index in [0.717, 1.165) is 0 Å². The molecule has 1 aromatic carbocycles. The van der Waals surface area contributed by atoms with E-state index >= 15 is 0 Å². The van der Waals surface area contributed by atoms with E-state index in [4.69, 9.17) is 23.2 Å². The van der Waals surface area contributed by atoms with Crippen LogP contribution in [0.25, 0.3) is 0 Å². The van der Waals surface area contributed by atoms with Crippen molar-refractivity contribution in [2.75, 3.05) is 13.2 Å². The second-order valence-corrected chi connectivity index (χ2v) is 10.4. The van der Waals surface area contributed by atoms with Gasteiger partial charge in [0.15, 0.2) is 0 Å². The summed E-state index contributed by atoms with van der Waals surface area (Å²) in [5.41, 5.74) is 0.618. The van der Waals surface area contributed by atoms with E-state index in [2.05, 4.69) is 21.3 Å². The quantitative estimate of drug-likeness (QED) is 0.320. The van der Waals surface area contributed by atoms with Crippen LogP contribution in [0.15, 0.2) is 30.3 Å². The number of amides is 5. The molecule has 0 unspecified atom stereocenters. The Morgan fingerprint density at radius 1 is 0.842 bits per heavy atom. The number of nitrogens with one attached hydrogen (secondary N) is 4. The third-order valence-electron chi connectivity index (χ3n) is 6.71. The number of rotatable bonds is 4. The van der Waals surface area contributed by atoms with Crippen molar-refractivity contribution >= 4 is 52.7 Å². The fourth-order valence-electron chi connectivity index (χ4n) is 4.55. The van der Waals surface area contributed by atoms with E-state index < -0.39 is 77.1 Å². The molecule has 0 spiro atoms. The summed E-state index contributed by atoms with van der Waals surface area (Å²) >= 11 is 12.8. The highest BCUT2D eigenvalue weighted by Crippen LogP contribution is 2.29. The number of nitrogens with zero attached hydrogens (tertiary/aromatic N) is 1. The Morgan fingerprint density at radius 3 is 2.05 bits per heavy atom. The van der Waals surface area contributed by atoms with Gasteiger partial charge in [-0.15, -0.1) is 23.2 Å². The largest absolute Gasteiger partial charge is 0.394 e. The molecule has 2 heterocycles. The van der Waals surface area contributed by atoms with Gasteiger partial charge in [0.25, 0.3) is 0 Å². The van der Waals surface area contributed by atoms with Crippen LogP contribution in [-0.4, -0.2) is 87.6 Å². The molecule has 1 aromatic rings. The zero-order valence-corrected chi connectivity index (χ0v) is 22.7. The molecule has 0 aliphatic carbocycles. The molecule has 0 radical (unpaired) electrons. The summed E-state index contributed by atoms with van der Waals surface area (Å²) in [5, 5.41) is 18.6. The van der Waals surface area contributed by atoms with Crippen LogP contribution < -0.4 is 21.3 Å². The number of aliphatic hydroxyl groups excluding tert-OH is 1. The van der Waals surface area contributed by atoms with Crippen LogP contribution in [0.3, 0.4) is 0 Å². The van der Waals surface area contributed by atoms with E-state index in [0.29, 0.717) is 5.56 Å². The van der Waals surface area contributed by atoms with Gasteiger partial charge < -0.3 is 31.3 Å². The monoisotopic (exact) mass is 569 g/mol. The van der Waals surface area contributed by atoms with Gasteiger partial charge in [-0.05, 0) is 18.4 Å². The van der Waals surface area contributed by atoms with Crippen LogP contribution in [0, 0.1) is 0 Å². The number of hydrogen-bond acceptors (Lipinski definition) is 6. The third-order valence-corrected chi connectivity index (χ3v) is 7.79. The first kappa shape index (κ1) is 29.7. The molecule has 0 aromatic heterocycles. The normalized spacial score (nSPS) is 31.7. The summed E-state index contributed by atoms with van der Waals surface area (Å²) in [6.45, 7) is 2.64. The zero-order valence-electron chi connectivity index (χ0n) is 21.2. The van der Waals surface area contributed by atoms with Crippen LogP contribution >= 0.6 is 23.2 Å². The van der Waals surface area contributed by atoms with Crippen molar-refractivity contribution in [3.8, 4) is 0 Å². The van der Waals surface area contributed by atoms with Crippen molar-refractivity contribution in [2.24, 2.45) is 0 Å². The van der Waals surface area contributed by atoms with E-state index in [1.54, 1.807) is 44.2 Å². The van der Waals surface area contributed by atoms with E-state index in [1.807, 2.05) is 0 Å². The molecule has 2 saturated heterocycles. The standard InChI is InChI=1S/C25H33Cl2N5O6/c1-3-15-22(35)31-18(12-33)23(36)30-17(13-8-6-5-7-9-13)10-19(34)28-16(4-2)25(38)32-11-14(26)20(27)21(32)24(37)29-15/h5-9,14-18,20-21,33H,3-4,10-12H2,1-2H3,(H,28,34)(H,29,37)(H,30,36)(H,31,35)/t14-,15+,16-,17-,18+,20-,21+/m1/s1. The predicted octanol–water partition coefficient (Wildman–Crippen LogP) is -0.0601. The molecule has 7 atom stereocenters. The molecule has 2 aliphatic rings. The first-order chi connectivity index (χ1) is 18.1. The Morgan fingerprint density at radius 2 is 1.45 bits per heavy atom. The maximum absolute atomic E-state index is 13.5. The number of halogens is 2. The van der Waals surface area contributed by atoms with Crippen LogP contribution in [0.4, 0.5) is 0 Å². The molecule has 0 bridgehead atoms. The van der Waals surface area contributed by atoms with Crippen LogP contribution in [0.2, 0.25) is 0 Å². The van der Waals surface area contributed by atoms with Crippen molar-refractivity contribution in [1.29, 1.82) is 0 Å². The molecular formula is C25H33Cl2N5O6. The fraction of sp³-hybridized carbons (Fsp3) is 0.560. The number of benzene rings is 1. The Kier molecular flexibility index (Phi) is 10.3. The summed E-state index contributed by atoms with van der Waals surface area (Å²) in [4.78, 5) is 67.0. The Hall–Kier alpha value is -2.89. The van der Waals surface area contributed by atoms with Crippen molar-refractivity contribution in [1.82, 2.24) is 26.2 Å². The minimum Gasteiger partial charge on any atom is -0.394 e. The maximum Gasteiger partial charge on any atom is 0.245 e. The van der Waals surface area contributed by atoms with Crippen LogP contribution in [-0.2, 0) is 24.0 Å². The van der Waals surface area contributed by atoms with Gasteiger partial charge in [0.05, 0.1) is 29.8 Å². The van der Waals surface area contributed by atoms with Gasteiger partial charge in [-0.2, -0.15) is 0 Å². The number of carbonyl (C=O) groups excluding carboxylic acids is 5. The van der Waals surface area contributed by atoms with Crippen molar-refractivity contribution in [3.63, 3.8) is 0 Å². The number of aliphatic hydroxyl groups is 1. The molecule has 38 heavy (non-hydrogen) atoms. The molecule has 2 aliphatic heterocycles. The van der Waals surface area contributed by atoms with E-state index in [9.17, 15) is 29.1 Å². The number of alkyl halides is 2. The molecule has 11 nitrogen and oxygen atoms in total. The summed E-state index contributed by atoms with van der Waals surface area (Å²) < 4.78 is 0. The van der Waals surface area contributed by atoms with Gasteiger partial charge in [-0.3, -0.25) is 24.0 Å². The number of carbonyl (C=O) groups is 5. The predicted molar refractivity (Wildman–Crippen MR) is 140 cm³/mol. The van der Waals surface area contributed by atoms with Crippen LogP contribution in [0.1, 0.15) is 44.7 Å². The third kappa shape index (κ3) is 6.75. The van der Waals surface area contributed by atoms with Crippen molar-refractivity contribution in [2.45, 2.75) is 74.1 Å². The average Bonchev–Trinajstić information content (AvgIpc) is 3.21. The second kappa shape index (κ2) is 13.3. The van der Waals surface area contributed by atoms with Crippen LogP contribution in [0.5, 0.6) is 0 Å². The molecule has 5 N–H and O–H groups in total. The molecular weight excluding hydrogens is 537 g/mol. The Bertz CT molecular complexity index is 1040. The molecule has 208 valence electrons. The first-order valence-electron chi connectivity index (χ1n) is 12.6. The maximum atomic E-state index is 13.5. The summed E-state index contributed by atoms with van der Waals surface area (Å²) in [6.07, 6.45) is 0.170. The lowest BCUT2D eigenvalue weighted by molar-refractivity contribution is -0.142. The first-order valence-corrected chi connectivity index (χ1v) is 13.4. The zero-order chi connectivity index (χ0) is 28.0.